The Hall–Kier alpha value is -0.920. The van der Waals surface area contributed by atoms with Crippen molar-refractivity contribution in [2.75, 3.05) is 13.7 Å². The molecule has 6 nitrogen and oxygen atoms in total. The van der Waals surface area contributed by atoms with E-state index in [-0.39, 0.29) is 17.5 Å². The number of sulfonamides is 1. The second-order valence-electron chi connectivity index (χ2n) is 4.02. The Bertz CT molecular complexity index is 493. The number of hydrogen-bond donors (Lipinski definition) is 1. The summed E-state index contributed by atoms with van der Waals surface area (Å²) >= 11 is 0. The standard InChI is InChI=1S/C10H19N3O3S/c1-7(16-5)6-11-17(14,15)10-8(2)12-13(4)9(10)3/h7,11H,6H2,1-5H3. The molecule has 0 saturated heterocycles. The van der Waals surface area contributed by atoms with Gasteiger partial charge in [0.05, 0.1) is 17.5 Å². The maximum Gasteiger partial charge on any atom is 0.244 e. The quantitative estimate of drug-likeness (QED) is 0.830. The smallest absolute Gasteiger partial charge is 0.244 e. The lowest BCUT2D eigenvalue weighted by molar-refractivity contribution is 0.122. The average Bonchev–Trinajstić information content (AvgIpc) is 2.50. The first kappa shape index (κ1) is 14.1. The zero-order valence-corrected chi connectivity index (χ0v) is 11.6. The van der Waals surface area contributed by atoms with Gasteiger partial charge < -0.3 is 4.74 Å². The molecule has 1 N–H and O–H groups in total. The van der Waals surface area contributed by atoms with Gasteiger partial charge in [-0.15, -0.1) is 0 Å². The second-order valence-corrected chi connectivity index (χ2v) is 5.73. The number of methoxy groups -OCH3 is 1. The van der Waals surface area contributed by atoms with Crippen LogP contribution < -0.4 is 4.72 Å². The minimum Gasteiger partial charge on any atom is -0.380 e. The van der Waals surface area contributed by atoms with Gasteiger partial charge in [-0.1, -0.05) is 0 Å². The first-order valence-corrected chi connectivity index (χ1v) is 6.80. The van der Waals surface area contributed by atoms with Crippen molar-refractivity contribution in [1.82, 2.24) is 14.5 Å². The van der Waals surface area contributed by atoms with Gasteiger partial charge in [-0.25, -0.2) is 13.1 Å². The van der Waals surface area contributed by atoms with Crippen molar-refractivity contribution in [3.63, 3.8) is 0 Å². The molecule has 1 unspecified atom stereocenters. The van der Waals surface area contributed by atoms with E-state index in [1.165, 1.54) is 0 Å². The molecule has 1 heterocycles. The van der Waals surface area contributed by atoms with Crippen LogP contribution in [0.4, 0.5) is 0 Å². The summed E-state index contributed by atoms with van der Waals surface area (Å²) in [4.78, 5) is 0.253. The summed E-state index contributed by atoms with van der Waals surface area (Å²) in [6, 6.07) is 0. The largest absolute Gasteiger partial charge is 0.380 e. The third-order valence-corrected chi connectivity index (χ3v) is 4.35. The number of aromatic nitrogens is 2. The lowest BCUT2D eigenvalue weighted by Crippen LogP contribution is -2.32. The molecular formula is C10H19N3O3S. The molecule has 98 valence electrons. The fourth-order valence-corrected chi connectivity index (χ4v) is 3.07. The lowest BCUT2D eigenvalue weighted by Gasteiger charge is -2.11. The van der Waals surface area contributed by atoms with Gasteiger partial charge in [0.2, 0.25) is 10.0 Å². The zero-order valence-electron chi connectivity index (χ0n) is 10.8. The maximum atomic E-state index is 12.1. The maximum absolute atomic E-state index is 12.1. The van der Waals surface area contributed by atoms with Gasteiger partial charge in [0, 0.05) is 20.7 Å². The number of nitrogens with zero attached hydrogens (tertiary/aromatic N) is 2. The summed E-state index contributed by atoms with van der Waals surface area (Å²) in [5.74, 6) is 0. The van der Waals surface area contributed by atoms with Crippen molar-refractivity contribution in [1.29, 1.82) is 0 Å². The molecule has 0 bridgehead atoms. The normalized spacial score (nSPS) is 13.9. The number of hydrogen-bond acceptors (Lipinski definition) is 4. The van der Waals surface area contributed by atoms with Crippen molar-refractivity contribution >= 4 is 10.0 Å². The molecule has 0 aliphatic heterocycles. The van der Waals surface area contributed by atoms with Crippen molar-refractivity contribution in [3.8, 4) is 0 Å². The Kier molecular flexibility index (Phi) is 4.29. The van der Waals surface area contributed by atoms with Gasteiger partial charge >= 0.3 is 0 Å². The topological polar surface area (TPSA) is 73.2 Å². The van der Waals surface area contributed by atoms with E-state index in [0.717, 1.165) is 0 Å². The van der Waals surface area contributed by atoms with Gasteiger partial charge in [-0.05, 0) is 20.8 Å². The summed E-state index contributed by atoms with van der Waals surface area (Å²) in [7, 11) is -0.257. The molecular weight excluding hydrogens is 242 g/mol. The van der Waals surface area contributed by atoms with Crippen molar-refractivity contribution in [2.45, 2.75) is 31.8 Å². The van der Waals surface area contributed by atoms with Crippen LogP contribution in [0.1, 0.15) is 18.3 Å². The summed E-state index contributed by atoms with van der Waals surface area (Å²) in [6.07, 6.45) is -0.165. The highest BCUT2D eigenvalue weighted by molar-refractivity contribution is 7.89. The molecule has 0 spiro atoms. The Balaban J connectivity index is 2.98. The van der Waals surface area contributed by atoms with E-state index in [4.69, 9.17) is 4.74 Å². The molecule has 1 aromatic rings. The predicted molar refractivity (Wildman–Crippen MR) is 64.3 cm³/mol. The fourth-order valence-electron chi connectivity index (χ4n) is 1.53. The first-order chi connectivity index (χ1) is 7.79. The summed E-state index contributed by atoms with van der Waals surface area (Å²) in [6.45, 7) is 5.45. The van der Waals surface area contributed by atoms with E-state index in [2.05, 4.69) is 9.82 Å². The number of ether oxygens (including phenoxy) is 1. The molecule has 0 aliphatic rings. The molecule has 1 rings (SSSR count). The average molecular weight is 261 g/mol. The Labute approximate surface area is 102 Å². The van der Waals surface area contributed by atoms with E-state index < -0.39 is 10.0 Å². The molecule has 17 heavy (non-hydrogen) atoms. The molecule has 0 radical (unpaired) electrons. The first-order valence-electron chi connectivity index (χ1n) is 5.32. The van der Waals surface area contributed by atoms with Gasteiger partial charge in [-0.3, -0.25) is 4.68 Å². The van der Waals surface area contributed by atoms with E-state index >= 15 is 0 Å². The Morgan fingerprint density at radius 1 is 1.47 bits per heavy atom. The molecule has 0 saturated carbocycles. The summed E-state index contributed by atoms with van der Waals surface area (Å²) in [5, 5.41) is 4.09. The van der Waals surface area contributed by atoms with Crippen molar-refractivity contribution in [3.05, 3.63) is 11.4 Å². The highest BCUT2D eigenvalue weighted by Crippen LogP contribution is 2.18. The number of nitrogens with one attached hydrogen (secondary N) is 1. The van der Waals surface area contributed by atoms with Crippen LogP contribution in [0.5, 0.6) is 0 Å². The van der Waals surface area contributed by atoms with Crippen molar-refractivity contribution < 1.29 is 13.2 Å². The monoisotopic (exact) mass is 261 g/mol. The van der Waals surface area contributed by atoms with Crippen molar-refractivity contribution in [2.24, 2.45) is 7.05 Å². The number of aryl methyl sites for hydroxylation is 2. The van der Waals surface area contributed by atoms with Crippen LogP contribution in [0.3, 0.4) is 0 Å². The highest BCUT2D eigenvalue weighted by Gasteiger charge is 2.23. The van der Waals surface area contributed by atoms with Crippen LogP contribution in [-0.4, -0.2) is 38.0 Å². The molecule has 1 aromatic heterocycles. The number of rotatable bonds is 5. The van der Waals surface area contributed by atoms with Gasteiger partial charge in [0.15, 0.2) is 0 Å². The van der Waals surface area contributed by atoms with Gasteiger partial charge in [-0.2, -0.15) is 5.10 Å². The third kappa shape index (κ3) is 3.05. The fraction of sp³-hybridized carbons (Fsp3) is 0.700. The summed E-state index contributed by atoms with van der Waals surface area (Å²) < 4.78 is 33.2. The van der Waals surface area contributed by atoms with Crippen LogP contribution in [0.25, 0.3) is 0 Å². The summed E-state index contributed by atoms with van der Waals surface area (Å²) in [5.41, 5.74) is 1.13. The van der Waals surface area contributed by atoms with E-state index in [9.17, 15) is 8.42 Å². The zero-order chi connectivity index (χ0) is 13.2. The third-order valence-electron chi connectivity index (χ3n) is 2.67. The van der Waals surface area contributed by atoms with Crippen LogP contribution >= 0.6 is 0 Å². The van der Waals surface area contributed by atoms with Crippen LogP contribution in [0.15, 0.2) is 4.90 Å². The molecule has 0 fully saturated rings. The molecule has 0 aliphatic carbocycles. The molecule has 7 heteroatoms. The minimum absolute atomic E-state index is 0.165. The van der Waals surface area contributed by atoms with Gasteiger partial charge in [0.25, 0.3) is 0 Å². The van der Waals surface area contributed by atoms with Gasteiger partial charge in [0.1, 0.15) is 4.90 Å². The Morgan fingerprint density at radius 3 is 2.47 bits per heavy atom. The Morgan fingerprint density at radius 2 is 2.06 bits per heavy atom. The minimum atomic E-state index is -3.52. The van der Waals surface area contributed by atoms with Crippen LogP contribution in [0, 0.1) is 13.8 Å². The van der Waals surface area contributed by atoms with E-state index in [1.54, 1.807) is 39.6 Å². The second kappa shape index (κ2) is 5.16. The SMILES string of the molecule is COC(C)CNS(=O)(=O)c1c(C)nn(C)c1C. The van der Waals surface area contributed by atoms with E-state index in [1.807, 2.05) is 0 Å². The highest BCUT2D eigenvalue weighted by atomic mass is 32.2. The lowest BCUT2D eigenvalue weighted by atomic mass is 10.4. The van der Waals surface area contributed by atoms with Crippen LogP contribution in [-0.2, 0) is 21.8 Å². The van der Waals surface area contributed by atoms with E-state index in [0.29, 0.717) is 11.4 Å². The van der Waals surface area contributed by atoms with Crippen LogP contribution in [0.2, 0.25) is 0 Å². The molecule has 0 amide bonds. The molecule has 0 aromatic carbocycles. The predicted octanol–water partition coefficient (Wildman–Crippen LogP) is 0.350. The molecule has 1 atom stereocenters.